The highest BCUT2D eigenvalue weighted by Crippen LogP contribution is 2.38. The number of rotatable bonds is 3. The maximum atomic E-state index is 10.8. The van der Waals surface area contributed by atoms with Crippen molar-refractivity contribution in [3.05, 3.63) is 58.7 Å². The van der Waals surface area contributed by atoms with Crippen LogP contribution < -0.4 is 9.47 Å². The molecule has 3 rings (SSSR count). The van der Waals surface area contributed by atoms with Crippen molar-refractivity contribution in [2.45, 2.75) is 25.9 Å². The smallest absolute Gasteiger partial charge is 0.128 e. The topological polar surface area (TPSA) is 38.7 Å². The van der Waals surface area contributed by atoms with Crippen LogP contribution in [0.3, 0.4) is 0 Å². The Morgan fingerprint density at radius 3 is 2.86 bits per heavy atom. The van der Waals surface area contributed by atoms with Gasteiger partial charge in [-0.2, -0.15) is 0 Å². The van der Waals surface area contributed by atoms with Crippen molar-refractivity contribution in [2.24, 2.45) is 0 Å². The zero-order valence-electron chi connectivity index (χ0n) is 12.4. The van der Waals surface area contributed by atoms with E-state index in [1.165, 1.54) is 5.56 Å². The van der Waals surface area contributed by atoms with Gasteiger partial charge in [-0.05, 0) is 37.5 Å². The van der Waals surface area contributed by atoms with Crippen LogP contribution in [-0.2, 0) is 6.42 Å². The van der Waals surface area contributed by atoms with Gasteiger partial charge in [-0.3, -0.25) is 0 Å². The SMILES string of the molecule is COc1ccc(C)cc1C(O)c1cccc2c1OCCC2. The molecule has 3 heteroatoms. The van der Waals surface area contributed by atoms with Crippen molar-refractivity contribution in [1.82, 2.24) is 0 Å². The number of para-hydroxylation sites is 1. The normalized spacial score (nSPS) is 15.0. The van der Waals surface area contributed by atoms with Gasteiger partial charge in [-0.25, -0.2) is 0 Å². The molecule has 0 radical (unpaired) electrons. The molecular formula is C18H20O3. The molecule has 1 aliphatic rings. The van der Waals surface area contributed by atoms with Gasteiger partial charge in [0.15, 0.2) is 0 Å². The molecule has 1 N–H and O–H groups in total. The Balaban J connectivity index is 2.07. The van der Waals surface area contributed by atoms with E-state index in [1.807, 2.05) is 37.3 Å². The fourth-order valence-corrected chi connectivity index (χ4v) is 2.86. The highest BCUT2D eigenvalue weighted by atomic mass is 16.5. The molecule has 3 nitrogen and oxygen atoms in total. The van der Waals surface area contributed by atoms with Gasteiger partial charge in [0.2, 0.25) is 0 Å². The summed E-state index contributed by atoms with van der Waals surface area (Å²) < 4.78 is 11.2. The van der Waals surface area contributed by atoms with Crippen molar-refractivity contribution < 1.29 is 14.6 Å². The summed E-state index contributed by atoms with van der Waals surface area (Å²) in [7, 11) is 1.62. The molecule has 0 aliphatic carbocycles. The Bertz CT molecular complexity index is 649. The Hall–Kier alpha value is -2.00. The minimum Gasteiger partial charge on any atom is -0.496 e. The first kappa shape index (κ1) is 14.0. The third kappa shape index (κ3) is 2.61. The van der Waals surface area contributed by atoms with Crippen LogP contribution >= 0.6 is 0 Å². The van der Waals surface area contributed by atoms with Gasteiger partial charge in [-0.1, -0.05) is 29.8 Å². The van der Waals surface area contributed by atoms with Gasteiger partial charge in [0.1, 0.15) is 17.6 Å². The second-order valence-corrected chi connectivity index (χ2v) is 5.44. The van der Waals surface area contributed by atoms with Crippen LogP contribution in [0.4, 0.5) is 0 Å². The van der Waals surface area contributed by atoms with Gasteiger partial charge in [0.25, 0.3) is 0 Å². The first-order valence-electron chi connectivity index (χ1n) is 7.28. The number of aliphatic hydroxyl groups excluding tert-OH is 1. The van der Waals surface area contributed by atoms with Crippen molar-refractivity contribution in [2.75, 3.05) is 13.7 Å². The summed E-state index contributed by atoms with van der Waals surface area (Å²) >= 11 is 0. The molecular weight excluding hydrogens is 264 g/mol. The molecule has 0 amide bonds. The van der Waals surface area contributed by atoms with Crippen LogP contribution in [0.5, 0.6) is 11.5 Å². The number of fused-ring (bicyclic) bond motifs is 1. The van der Waals surface area contributed by atoms with Crippen molar-refractivity contribution >= 4 is 0 Å². The van der Waals surface area contributed by atoms with Gasteiger partial charge in [-0.15, -0.1) is 0 Å². The van der Waals surface area contributed by atoms with E-state index < -0.39 is 6.10 Å². The van der Waals surface area contributed by atoms with Crippen molar-refractivity contribution in [3.63, 3.8) is 0 Å². The monoisotopic (exact) mass is 284 g/mol. The summed E-state index contributed by atoms with van der Waals surface area (Å²) in [5, 5.41) is 10.8. The predicted molar refractivity (Wildman–Crippen MR) is 82.1 cm³/mol. The quantitative estimate of drug-likeness (QED) is 0.938. The van der Waals surface area contributed by atoms with Crippen LogP contribution in [0.2, 0.25) is 0 Å². The van der Waals surface area contributed by atoms with Gasteiger partial charge < -0.3 is 14.6 Å². The van der Waals surface area contributed by atoms with Crippen LogP contribution in [0.15, 0.2) is 36.4 Å². The maximum Gasteiger partial charge on any atom is 0.128 e. The van der Waals surface area contributed by atoms with Crippen LogP contribution in [0.1, 0.15) is 34.8 Å². The minimum atomic E-state index is -0.743. The summed E-state index contributed by atoms with van der Waals surface area (Å²) in [6.45, 7) is 2.72. The molecule has 1 atom stereocenters. The van der Waals surface area contributed by atoms with Crippen LogP contribution in [0.25, 0.3) is 0 Å². The van der Waals surface area contributed by atoms with Gasteiger partial charge in [0.05, 0.1) is 13.7 Å². The Morgan fingerprint density at radius 1 is 1.19 bits per heavy atom. The lowest BCUT2D eigenvalue weighted by Gasteiger charge is -2.24. The Morgan fingerprint density at radius 2 is 2.05 bits per heavy atom. The van der Waals surface area contributed by atoms with Crippen molar-refractivity contribution in [1.29, 1.82) is 0 Å². The maximum absolute atomic E-state index is 10.8. The highest BCUT2D eigenvalue weighted by Gasteiger charge is 2.23. The average molecular weight is 284 g/mol. The predicted octanol–water partition coefficient (Wildman–Crippen LogP) is 3.41. The van der Waals surface area contributed by atoms with Gasteiger partial charge >= 0.3 is 0 Å². The Labute approximate surface area is 125 Å². The number of aryl methyl sites for hydroxylation is 2. The second-order valence-electron chi connectivity index (χ2n) is 5.44. The van der Waals surface area contributed by atoms with Gasteiger partial charge in [0, 0.05) is 11.1 Å². The molecule has 1 heterocycles. The van der Waals surface area contributed by atoms with E-state index in [0.717, 1.165) is 35.3 Å². The molecule has 0 aromatic heterocycles. The lowest BCUT2D eigenvalue weighted by molar-refractivity contribution is 0.202. The van der Waals surface area contributed by atoms with E-state index in [2.05, 4.69) is 6.07 Å². The third-order valence-corrected chi connectivity index (χ3v) is 3.94. The fourth-order valence-electron chi connectivity index (χ4n) is 2.86. The van der Waals surface area contributed by atoms with Crippen LogP contribution in [-0.4, -0.2) is 18.8 Å². The zero-order chi connectivity index (χ0) is 14.8. The minimum absolute atomic E-state index is 0.696. The number of benzene rings is 2. The zero-order valence-corrected chi connectivity index (χ0v) is 12.4. The molecule has 1 unspecified atom stereocenters. The molecule has 0 fully saturated rings. The van der Waals surface area contributed by atoms with Crippen molar-refractivity contribution in [3.8, 4) is 11.5 Å². The average Bonchev–Trinajstić information content (AvgIpc) is 2.53. The van der Waals surface area contributed by atoms with E-state index in [9.17, 15) is 5.11 Å². The van der Waals surface area contributed by atoms with E-state index in [1.54, 1.807) is 7.11 Å². The van der Waals surface area contributed by atoms with Crippen LogP contribution in [0, 0.1) is 6.92 Å². The summed E-state index contributed by atoms with van der Waals surface area (Å²) in [6.07, 6.45) is 1.29. The lowest BCUT2D eigenvalue weighted by atomic mass is 9.94. The largest absolute Gasteiger partial charge is 0.496 e. The molecule has 21 heavy (non-hydrogen) atoms. The van der Waals surface area contributed by atoms with E-state index >= 15 is 0 Å². The third-order valence-electron chi connectivity index (χ3n) is 3.94. The van der Waals surface area contributed by atoms with E-state index in [4.69, 9.17) is 9.47 Å². The summed E-state index contributed by atoms with van der Waals surface area (Å²) in [4.78, 5) is 0. The lowest BCUT2D eigenvalue weighted by Crippen LogP contribution is -2.13. The first-order chi connectivity index (χ1) is 10.2. The molecule has 1 aliphatic heterocycles. The number of hydrogen-bond donors (Lipinski definition) is 1. The summed E-state index contributed by atoms with van der Waals surface area (Å²) in [6, 6.07) is 11.8. The molecule has 0 bridgehead atoms. The highest BCUT2D eigenvalue weighted by molar-refractivity contribution is 5.50. The standard InChI is InChI=1S/C18H20O3/c1-12-8-9-16(20-2)15(11-12)17(19)14-7-3-5-13-6-4-10-21-18(13)14/h3,5,7-9,11,17,19H,4,6,10H2,1-2H3. The number of methoxy groups -OCH3 is 1. The Kier molecular flexibility index (Phi) is 3.84. The molecule has 2 aromatic carbocycles. The molecule has 110 valence electrons. The summed E-state index contributed by atoms with van der Waals surface area (Å²) in [5.74, 6) is 1.53. The molecule has 0 saturated heterocycles. The molecule has 2 aromatic rings. The number of ether oxygens (including phenoxy) is 2. The fraction of sp³-hybridized carbons (Fsp3) is 0.333. The second kappa shape index (κ2) is 5.78. The van der Waals surface area contributed by atoms with E-state index in [-0.39, 0.29) is 0 Å². The molecule has 0 spiro atoms. The number of hydrogen-bond acceptors (Lipinski definition) is 3. The number of aliphatic hydroxyl groups is 1. The summed E-state index contributed by atoms with van der Waals surface area (Å²) in [5.41, 5.74) is 3.86. The first-order valence-corrected chi connectivity index (χ1v) is 7.28. The molecule has 0 saturated carbocycles. The van der Waals surface area contributed by atoms with E-state index in [0.29, 0.717) is 12.4 Å².